The Hall–Kier alpha value is -3.49. The molecule has 4 amide bonds. The van der Waals surface area contributed by atoms with E-state index in [9.17, 15) is 24.0 Å². The van der Waals surface area contributed by atoms with Gasteiger partial charge in [0, 0.05) is 0 Å². The van der Waals surface area contributed by atoms with Crippen LogP contribution in [-0.2, 0) is 28.7 Å². The zero-order valence-corrected chi connectivity index (χ0v) is 21.3. The van der Waals surface area contributed by atoms with Crippen LogP contribution in [0.5, 0.6) is 0 Å². The number of para-hydroxylation sites is 2. The molecule has 1 aliphatic carbocycles. The summed E-state index contributed by atoms with van der Waals surface area (Å²) < 4.78 is 5.61. The van der Waals surface area contributed by atoms with Crippen LogP contribution in [0.2, 0.25) is 0 Å². The van der Waals surface area contributed by atoms with Crippen LogP contribution in [0.15, 0.2) is 36.4 Å². The highest BCUT2D eigenvalue weighted by atomic mass is 16.5. The number of amides is 4. The standard InChI is InChI=1S/C27H33N3O6/c1-15(2)14-21(29-23(32)17-10-6-7-11-18(17)24(29)33)25(34)36-16(3)22(31)30-20-13-9-8-12-19(20)28-26(35)27(30,4)5/h6-9,12-13,15-18,21H,10-11,14H2,1-5H3,(H,28,35). The van der Waals surface area contributed by atoms with Crippen LogP contribution >= 0.6 is 0 Å². The molecule has 1 fully saturated rings. The van der Waals surface area contributed by atoms with E-state index in [0.29, 0.717) is 24.2 Å². The number of esters is 1. The van der Waals surface area contributed by atoms with Crippen LogP contribution in [0.3, 0.4) is 0 Å². The van der Waals surface area contributed by atoms with E-state index in [0.717, 1.165) is 4.90 Å². The smallest absolute Gasteiger partial charge is 0.330 e. The quantitative estimate of drug-likeness (QED) is 0.369. The molecule has 1 N–H and O–H groups in total. The van der Waals surface area contributed by atoms with Gasteiger partial charge in [0.25, 0.3) is 5.91 Å². The molecule has 1 aromatic carbocycles. The van der Waals surface area contributed by atoms with Gasteiger partial charge in [-0.2, -0.15) is 0 Å². The highest BCUT2D eigenvalue weighted by Gasteiger charge is 2.52. The van der Waals surface area contributed by atoms with E-state index in [1.807, 2.05) is 26.0 Å². The topological polar surface area (TPSA) is 113 Å². The van der Waals surface area contributed by atoms with Crippen LogP contribution in [0.25, 0.3) is 0 Å². The highest BCUT2D eigenvalue weighted by Crippen LogP contribution is 2.39. The molecule has 2 aliphatic heterocycles. The lowest BCUT2D eigenvalue weighted by molar-refractivity contribution is -0.165. The first-order valence-electron chi connectivity index (χ1n) is 12.4. The number of allylic oxidation sites excluding steroid dienone is 2. The summed E-state index contributed by atoms with van der Waals surface area (Å²) >= 11 is 0. The average molecular weight is 496 g/mol. The number of nitrogens with zero attached hydrogens (tertiary/aromatic N) is 2. The summed E-state index contributed by atoms with van der Waals surface area (Å²) in [7, 11) is 0. The van der Waals surface area contributed by atoms with E-state index < -0.39 is 41.4 Å². The second kappa shape index (κ2) is 9.52. The fourth-order valence-corrected chi connectivity index (χ4v) is 5.22. The molecule has 2 heterocycles. The van der Waals surface area contributed by atoms with Crippen molar-refractivity contribution in [3.8, 4) is 0 Å². The highest BCUT2D eigenvalue weighted by molar-refractivity contribution is 6.15. The maximum atomic E-state index is 13.6. The first kappa shape index (κ1) is 25.6. The maximum absolute atomic E-state index is 13.6. The minimum Gasteiger partial charge on any atom is -0.451 e. The predicted octanol–water partition coefficient (Wildman–Crippen LogP) is 3.05. The number of carbonyl (C=O) groups excluding carboxylic acids is 5. The summed E-state index contributed by atoms with van der Waals surface area (Å²) in [5, 5.41) is 2.80. The van der Waals surface area contributed by atoms with E-state index in [-0.39, 0.29) is 30.1 Å². The predicted molar refractivity (Wildman–Crippen MR) is 133 cm³/mol. The van der Waals surface area contributed by atoms with E-state index in [1.54, 1.807) is 38.1 Å². The lowest BCUT2D eigenvalue weighted by Crippen LogP contribution is -2.61. The molecule has 0 spiro atoms. The van der Waals surface area contributed by atoms with E-state index in [2.05, 4.69) is 5.32 Å². The summed E-state index contributed by atoms with van der Waals surface area (Å²) in [6.45, 7) is 8.45. The Kier molecular flexibility index (Phi) is 6.77. The van der Waals surface area contributed by atoms with Crippen molar-refractivity contribution in [3.63, 3.8) is 0 Å². The lowest BCUT2D eigenvalue weighted by atomic mass is 9.85. The summed E-state index contributed by atoms with van der Waals surface area (Å²) in [5.41, 5.74) is -0.251. The van der Waals surface area contributed by atoms with Crippen molar-refractivity contribution >= 4 is 41.0 Å². The molecule has 0 radical (unpaired) electrons. The molecule has 0 saturated carbocycles. The SMILES string of the molecule is CC(C)CC(C(=O)OC(C)C(=O)N1c2ccccc2NC(=O)C1(C)C)N1C(=O)C2CC=CCC2C1=O. The third kappa shape index (κ3) is 4.31. The number of imide groups is 1. The number of anilines is 2. The van der Waals surface area contributed by atoms with Crippen molar-refractivity contribution < 1.29 is 28.7 Å². The molecule has 0 aromatic heterocycles. The van der Waals surface area contributed by atoms with Gasteiger partial charge in [-0.25, -0.2) is 4.79 Å². The summed E-state index contributed by atoms with van der Waals surface area (Å²) in [5.74, 6) is -3.40. The van der Waals surface area contributed by atoms with Crippen LogP contribution in [0, 0.1) is 17.8 Å². The molecule has 36 heavy (non-hydrogen) atoms. The number of hydrogen-bond donors (Lipinski definition) is 1. The zero-order chi connectivity index (χ0) is 26.4. The number of ether oxygens (including phenoxy) is 1. The number of fused-ring (bicyclic) bond motifs is 2. The second-order valence-corrected chi connectivity index (χ2v) is 10.6. The molecular formula is C27H33N3O6. The Morgan fingerprint density at radius 1 is 1.03 bits per heavy atom. The Bertz CT molecular complexity index is 1110. The van der Waals surface area contributed by atoms with E-state index >= 15 is 0 Å². The second-order valence-electron chi connectivity index (χ2n) is 10.6. The Morgan fingerprint density at radius 3 is 2.19 bits per heavy atom. The largest absolute Gasteiger partial charge is 0.451 e. The fraction of sp³-hybridized carbons (Fsp3) is 0.519. The van der Waals surface area contributed by atoms with Crippen LogP contribution < -0.4 is 10.2 Å². The van der Waals surface area contributed by atoms with Gasteiger partial charge in [0.05, 0.1) is 23.2 Å². The van der Waals surface area contributed by atoms with Crippen LogP contribution in [0.1, 0.15) is 53.9 Å². The molecule has 3 aliphatic rings. The number of likely N-dealkylation sites (tertiary alicyclic amines) is 1. The van der Waals surface area contributed by atoms with Gasteiger partial charge in [0.15, 0.2) is 6.10 Å². The van der Waals surface area contributed by atoms with Crippen molar-refractivity contribution in [2.24, 2.45) is 17.8 Å². The molecular weight excluding hydrogens is 462 g/mol. The Labute approximate surface area is 210 Å². The molecule has 192 valence electrons. The Morgan fingerprint density at radius 2 is 1.61 bits per heavy atom. The van der Waals surface area contributed by atoms with E-state index in [1.165, 1.54) is 11.8 Å². The molecule has 4 atom stereocenters. The third-order valence-corrected chi connectivity index (χ3v) is 7.19. The minimum atomic E-state index is -1.25. The summed E-state index contributed by atoms with van der Waals surface area (Å²) in [6, 6.07) is 5.78. The van der Waals surface area contributed by atoms with Crippen molar-refractivity contribution in [1.29, 1.82) is 0 Å². The zero-order valence-electron chi connectivity index (χ0n) is 21.3. The van der Waals surface area contributed by atoms with Gasteiger partial charge in [0.2, 0.25) is 17.7 Å². The van der Waals surface area contributed by atoms with Gasteiger partial charge in [0.1, 0.15) is 11.6 Å². The van der Waals surface area contributed by atoms with Crippen molar-refractivity contribution in [2.45, 2.75) is 71.6 Å². The molecule has 1 saturated heterocycles. The van der Waals surface area contributed by atoms with Gasteiger partial charge in [-0.05, 0) is 58.1 Å². The number of nitrogens with one attached hydrogen (secondary N) is 1. The minimum absolute atomic E-state index is 0.00786. The molecule has 9 nitrogen and oxygen atoms in total. The molecule has 4 rings (SSSR count). The van der Waals surface area contributed by atoms with Crippen LogP contribution in [0.4, 0.5) is 11.4 Å². The van der Waals surface area contributed by atoms with Gasteiger partial charge >= 0.3 is 5.97 Å². The monoisotopic (exact) mass is 495 g/mol. The number of rotatable bonds is 6. The fourth-order valence-electron chi connectivity index (χ4n) is 5.22. The average Bonchev–Trinajstić information content (AvgIpc) is 3.07. The first-order valence-corrected chi connectivity index (χ1v) is 12.4. The molecule has 1 aromatic rings. The number of hydrogen-bond acceptors (Lipinski definition) is 6. The molecule has 0 bridgehead atoms. The number of carbonyl (C=O) groups is 5. The van der Waals surface area contributed by atoms with Crippen molar-refractivity contribution in [2.75, 3.05) is 10.2 Å². The van der Waals surface area contributed by atoms with Gasteiger partial charge in [-0.1, -0.05) is 38.1 Å². The van der Waals surface area contributed by atoms with Crippen molar-refractivity contribution in [1.82, 2.24) is 4.90 Å². The summed E-state index contributed by atoms with van der Waals surface area (Å²) in [4.78, 5) is 68.4. The van der Waals surface area contributed by atoms with Crippen molar-refractivity contribution in [3.05, 3.63) is 36.4 Å². The third-order valence-electron chi connectivity index (χ3n) is 7.19. The normalized spacial score (nSPS) is 24.2. The van der Waals surface area contributed by atoms with E-state index in [4.69, 9.17) is 4.74 Å². The number of benzene rings is 1. The summed E-state index contributed by atoms with van der Waals surface area (Å²) in [6.07, 6.45) is 3.69. The molecule has 4 unspecified atom stereocenters. The maximum Gasteiger partial charge on any atom is 0.330 e. The van der Waals surface area contributed by atoms with Gasteiger partial charge < -0.3 is 10.1 Å². The van der Waals surface area contributed by atoms with Crippen LogP contribution in [-0.4, -0.2) is 52.2 Å². The van der Waals surface area contributed by atoms with Gasteiger partial charge in [-0.3, -0.25) is 29.0 Å². The molecule has 9 heteroatoms. The lowest BCUT2D eigenvalue weighted by Gasteiger charge is -2.43. The first-order chi connectivity index (χ1) is 16.9. The Balaban J connectivity index is 1.57. The van der Waals surface area contributed by atoms with Gasteiger partial charge in [-0.15, -0.1) is 0 Å².